The summed E-state index contributed by atoms with van der Waals surface area (Å²) in [7, 11) is 2.19. The van der Waals surface area contributed by atoms with Gasteiger partial charge in [-0.2, -0.15) is 0 Å². The van der Waals surface area contributed by atoms with Gasteiger partial charge in [0.2, 0.25) is 5.96 Å². The predicted molar refractivity (Wildman–Crippen MR) is 189 cm³/mol. The van der Waals surface area contributed by atoms with Crippen LogP contribution in [0.2, 0.25) is 0 Å². The molecule has 0 spiro atoms. The lowest BCUT2D eigenvalue weighted by molar-refractivity contribution is 0.0815. The molecule has 0 radical (unpaired) electrons. The maximum Gasteiger partial charge on any atom is 0.272 e. The van der Waals surface area contributed by atoms with Crippen LogP contribution in [0.3, 0.4) is 0 Å². The number of alkyl halides is 2. The molecular weight excluding hydrogens is 584 g/mol. The average Bonchev–Trinajstić information content (AvgIpc) is 3.48. The van der Waals surface area contributed by atoms with E-state index in [1.54, 1.807) is 6.07 Å². The van der Waals surface area contributed by atoms with Crippen molar-refractivity contribution in [2.24, 2.45) is 22.4 Å². The number of guanidine groups is 1. The van der Waals surface area contributed by atoms with E-state index >= 15 is 0 Å². The molecule has 1 aromatic heterocycles. The van der Waals surface area contributed by atoms with Crippen LogP contribution in [0.5, 0.6) is 5.75 Å². The van der Waals surface area contributed by atoms with Crippen LogP contribution in [-0.2, 0) is 0 Å². The lowest BCUT2D eigenvalue weighted by Crippen LogP contribution is -2.43. The smallest absolute Gasteiger partial charge is 0.272 e. The molecule has 1 saturated heterocycles. The van der Waals surface area contributed by atoms with Crippen LogP contribution >= 0.6 is 0 Å². The van der Waals surface area contributed by atoms with Gasteiger partial charge in [0.15, 0.2) is 0 Å². The van der Waals surface area contributed by atoms with Gasteiger partial charge >= 0.3 is 0 Å². The molecule has 0 bridgehead atoms. The number of benzene rings is 1. The molecule has 1 aliphatic rings. The van der Waals surface area contributed by atoms with Crippen LogP contribution in [0.4, 0.5) is 8.78 Å². The molecule has 2 unspecified atom stereocenters. The molecule has 3 rings (SSSR count). The van der Waals surface area contributed by atoms with E-state index in [9.17, 15) is 8.78 Å². The van der Waals surface area contributed by atoms with Crippen LogP contribution in [0, 0.1) is 12.8 Å². The van der Waals surface area contributed by atoms with E-state index in [2.05, 4.69) is 59.6 Å². The monoisotopic (exact) mass is 648 g/mol. The first-order valence-corrected chi connectivity index (χ1v) is 17.2. The molecule has 8 nitrogen and oxygen atoms in total. The van der Waals surface area contributed by atoms with Crippen LogP contribution < -0.4 is 27.1 Å². The van der Waals surface area contributed by atoms with Gasteiger partial charge in [-0.3, -0.25) is 20.3 Å². The molecule has 2 atom stereocenters. The third-order valence-electron chi connectivity index (χ3n) is 7.75. The lowest BCUT2D eigenvalue weighted by Gasteiger charge is -2.18. The number of ether oxygens (including phenoxy) is 1. The molecular formula is C36H63F2N7O. The van der Waals surface area contributed by atoms with Gasteiger partial charge in [-0.1, -0.05) is 83.9 Å². The molecule has 262 valence electrons. The summed E-state index contributed by atoms with van der Waals surface area (Å²) >= 11 is 0. The van der Waals surface area contributed by atoms with E-state index in [4.69, 9.17) is 16.2 Å². The maximum atomic E-state index is 12.2. The van der Waals surface area contributed by atoms with Crippen molar-refractivity contribution >= 4 is 5.96 Å². The van der Waals surface area contributed by atoms with E-state index < -0.39 is 13.0 Å². The van der Waals surface area contributed by atoms with Crippen molar-refractivity contribution in [3.63, 3.8) is 0 Å². The highest BCUT2D eigenvalue weighted by atomic mass is 19.3. The first-order chi connectivity index (χ1) is 22.1. The highest BCUT2D eigenvalue weighted by Crippen LogP contribution is 2.29. The fraction of sp³-hybridized carbons (Fsp3) is 0.667. The Bertz CT molecular complexity index is 1050. The Morgan fingerprint density at radius 1 is 1.09 bits per heavy atom. The van der Waals surface area contributed by atoms with Crippen molar-refractivity contribution in [1.82, 2.24) is 20.7 Å². The standard InChI is InChI=1S/C16H26F2N4O.C10H14N2.C10H23N/c1-10(2)8-20-16(19)22-21-12(4)13-5-6-14(11(3)7-13)23-9-15(17)18;1-12-7-3-5-10(12)9-4-2-6-11-8-9;1-2-3-4-5-6-7-8-9-10-11/h5-7,10,12,15,21H,8-9H2,1-4H3,(H3,19,20,22);2,4,6,8,10H,3,5,7H2,1H3;2-11H2,1H3. The third kappa shape index (κ3) is 19.0. The van der Waals surface area contributed by atoms with E-state index in [0.717, 1.165) is 17.7 Å². The number of nitrogens with zero attached hydrogens (tertiary/aromatic N) is 3. The first kappa shape index (κ1) is 41.2. The molecule has 1 aliphatic heterocycles. The normalized spacial score (nSPS) is 15.6. The van der Waals surface area contributed by atoms with E-state index in [0.29, 0.717) is 30.2 Å². The second-order valence-electron chi connectivity index (χ2n) is 12.5. The van der Waals surface area contributed by atoms with Gasteiger partial charge in [0.25, 0.3) is 6.43 Å². The highest BCUT2D eigenvalue weighted by molar-refractivity contribution is 5.77. The number of unbranched alkanes of at least 4 members (excludes halogenated alkanes) is 7. The number of pyridine rings is 1. The van der Waals surface area contributed by atoms with Gasteiger partial charge in [-0.25, -0.2) is 14.2 Å². The van der Waals surface area contributed by atoms with E-state index in [1.165, 1.54) is 76.3 Å². The van der Waals surface area contributed by atoms with Crippen LogP contribution in [0.15, 0.2) is 47.7 Å². The highest BCUT2D eigenvalue weighted by Gasteiger charge is 2.22. The summed E-state index contributed by atoms with van der Waals surface area (Å²) in [5.74, 6) is 1.24. The summed E-state index contributed by atoms with van der Waals surface area (Å²) in [6, 6.07) is 10.2. The van der Waals surface area contributed by atoms with Crippen LogP contribution in [-0.4, -0.2) is 55.6 Å². The Hall–Kier alpha value is -2.82. The van der Waals surface area contributed by atoms with Crippen molar-refractivity contribution in [2.75, 3.05) is 33.3 Å². The molecule has 10 heteroatoms. The summed E-state index contributed by atoms with van der Waals surface area (Å²) in [5.41, 5.74) is 20.2. The van der Waals surface area contributed by atoms with Crippen LogP contribution in [0.25, 0.3) is 0 Å². The minimum absolute atomic E-state index is 0.0364. The maximum absolute atomic E-state index is 12.2. The molecule has 2 aromatic rings. The van der Waals surface area contributed by atoms with Gasteiger partial charge in [-0.05, 0) is 88.0 Å². The van der Waals surface area contributed by atoms with Gasteiger partial charge < -0.3 is 16.2 Å². The van der Waals surface area contributed by atoms with Crippen molar-refractivity contribution in [1.29, 1.82) is 0 Å². The number of rotatable bonds is 17. The topological polar surface area (TPSA) is 114 Å². The Morgan fingerprint density at radius 3 is 2.33 bits per heavy atom. The van der Waals surface area contributed by atoms with Crippen molar-refractivity contribution in [3.05, 3.63) is 59.4 Å². The van der Waals surface area contributed by atoms with Crippen molar-refractivity contribution < 1.29 is 13.5 Å². The fourth-order valence-corrected chi connectivity index (χ4v) is 5.03. The number of hydrogen-bond donors (Lipinski definition) is 4. The number of aliphatic imine (C=N–C) groups is 1. The molecule has 0 saturated carbocycles. The SMILES string of the molecule is CCCCCCCCCCN.CN1CCCC1c1cccnc1.Cc1cc(C(C)NNC(N)=NCC(C)C)ccc1OCC(F)F. The number of nitrogens with one attached hydrogen (secondary N) is 2. The summed E-state index contributed by atoms with van der Waals surface area (Å²) in [6.45, 7) is 12.3. The van der Waals surface area contributed by atoms with Crippen LogP contribution in [0.1, 0.15) is 121 Å². The number of hydrogen-bond acceptors (Lipinski definition) is 6. The minimum atomic E-state index is -2.48. The molecule has 46 heavy (non-hydrogen) atoms. The predicted octanol–water partition coefficient (Wildman–Crippen LogP) is 7.70. The molecule has 0 aliphatic carbocycles. The van der Waals surface area contributed by atoms with Crippen molar-refractivity contribution in [2.45, 2.75) is 117 Å². The average molecular weight is 648 g/mol. The Morgan fingerprint density at radius 2 is 1.78 bits per heavy atom. The van der Waals surface area contributed by atoms with E-state index in [-0.39, 0.29) is 6.04 Å². The quantitative estimate of drug-likeness (QED) is 0.0602. The van der Waals surface area contributed by atoms with E-state index in [1.807, 2.05) is 44.4 Å². The molecule has 6 N–H and O–H groups in total. The van der Waals surface area contributed by atoms with Gasteiger partial charge in [0.05, 0.1) is 0 Å². The summed E-state index contributed by atoms with van der Waals surface area (Å²) in [4.78, 5) is 10.7. The second kappa shape index (κ2) is 25.3. The summed E-state index contributed by atoms with van der Waals surface area (Å²) in [5, 5.41) is 0. The first-order valence-electron chi connectivity index (χ1n) is 17.2. The molecule has 1 aromatic carbocycles. The fourth-order valence-electron chi connectivity index (χ4n) is 5.03. The number of nitrogens with two attached hydrogens (primary N) is 2. The Kier molecular flexibility index (Phi) is 22.7. The minimum Gasteiger partial charge on any atom is -0.487 e. The molecule has 1 fully saturated rings. The number of halogens is 2. The number of hydrazine groups is 1. The Labute approximate surface area is 278 Å². The van der Waals surface area contributed by atoms with Gasteiger partial charge in [0, 0.05) is 31.0 Å². The molecule has 2 heterocycles. The number of likely N-dealkylation sites (tertiary alicyclic amines) is 1. The zero-order valence-corrected chi connectivity index (χ0v) is 29.4. The zero-order valence-electron chi connectivity index (χ0n) is 29.4. The number of aromatic nitrogens is 1. The second-order valence-corrected chi connectivity index (χ2v) is 12.5. The van der Waals surface area contributed by atoms with Crippen molar-refractivity contribution in [3.8, 4) is 5.75 Å². The largest absolute Gasteiger partial charge is 0.487 e. The van der Waals surface area contributed by atoms with Gasteiger partial charge in [0.1, 0.15) is 12.4 Å². The van der Waals surface area contributed by atoms with Gasteiger partial charge in [-0.15, -0.1) is 0 Å². The number of aryl methyl sites for hydroxylation is 1. The Balaban J connectivity index is 0.000000384. The lowest BCUT2D eigenvalue weighted by atomic mass is 10.1. The molecule has 0 amide bonds. The summed E-state index contributed by atoms with van der Waals surface area (Å²) in [6.07, 6.45) is 14.9. The summed E-state index contributed by atoms with van der Waals surface area (Å²) < 4.78 is 29.4. The zero-order chi connectivity index (χ0) is 34.2. The third-order valence-corrected chi connectivity index (χ3v) is 7.75.